The maximum atomic E-state index is 10.5. The number of benzene rings is 1. The molecule has 0 bridgehead atoms. The topological polar surface area (TPSA) is 75.3 Å². The second kappa shape index (κ2) is 6.52. The van der Waals surface area contributed by atoms with E-state index in [9.17, 15) is 4.79 Å². The van der Waals surface area contributed by atoms with Gasteiger partial charge in [0.15, 0.2) is 0 Å². The van der Waals surface area contributed by atoms with Gasteiger partial charge in [0, 0.05) is 6.54 Å². The summed E-state index contributed by atoms with van der Waals surface area (Å²) in [5, 5.41) is 11.9. The summed E-state index contributed by atoms with van der Waals surface area (Å²) < 4.78 is 0. The van der Waals surface area contributed by atoms with Gasteiger partial charge in [-0.25, -0.2) is 0 Å². The molecule has 0 saturated heterocycles. The number of hydrogen-bond acceptors (Lipinski definition) is 3. The van der Waals surface area contributed by atoms with Crippen LogP contribution in [0.5, 0.6) is 0 Å². The van der Waals surface area contributed by atoms with Crippen LogP contribution in [-0.4, -0.2) is 23.7 Å². The third-order valence-electron chi connectivity index (χ3n) is 3.43. The summed E-state index contributed by atoms with van der Waals surface area (Å²) >= 11 is 0. The standard InChI is InChI=1S/C14H22N2O2/c1-9-4-5-12(11(3)10(9)2)8-16-7-6-13(15)14(17)18/h4-5,13,16H,6-8,15H2,1-3H3,(H,17,18). The molecular weight excluding hydrogens is 228 g/mol. The van der Waals surface area contributed by atoms with Gasteiger partial charge in [0.1, 0.15) is 6.04 Å². The fourth-order valence-electron chi connectivity index (χ4n) is 1.81. The Morgan fingerprint density at radius 2 is 2.00 bits per heavy atom. The molecule has 0 aliphatic rings. The molecule has 1 atom stereocenters. The number of hydrogen-bond donors (Lipinski definition) is 3. The molecule has 1 aromatic carbocycles. The van der Waals surface area contributed by atoms with Gasteiger partial charge in [-0.1, -0.05) is 12.1 Å². The Hall–Kier alpha value is -1.39. The van der Waals surface area contributed by atoms with Crippen molar-refractivity contribution in [1.82, 2.24) is 5.32 Å². The molecule has 4 nitrogen and oxygen atoms in total. The van der Waals surface area contributed by atoms with Crippen molar-refractivity contribution in [3.8, 4) is 0 Å². The molecule has 0 aliphatic carbocycles. The number of carboxylic acids is 1. The molecule has 0 aliphatic heterocycles. The van der Waals surface area contributed by atoms with Crippen LogP contribution in [-0.2, 0) is 11.3 Å². The van der Waals surface area contributed by atoms with Crippen LogP contribution < -0.4 is 11.1 Å². The highest BCUT2D eigenvalue weighted by Crippen LogP contribution is 2.16. The Kier molecular flexibility index (Phi) is 5.31. The molecule has 0 spiro atoms. The van der Waals surface area contributed by atoms with Gasteiger partial charge in [-0.15, -0.1) is 0 Å². The molecule has 0 amide bonds. The summed E-state index contributed by atoms with van der Waals surface area (Å²) in [6.07, 6.45) is 0.444. The summed E-state index contributed by atoms with van der Waals surface area (Å²) in [5.41, 5.74) is 10.6. The van der Waals surface area contributed by atoms with Gasteiger partial charge in [0.25, 0.3) is 0 Å². The molecule has 0 radical (unpaired) electrons. The first-order chi connectivity index (χ1) is 8.43. The second-order valence-electron chi connectivity index (χ2n) is 4.70. The number of nitrogens with two attached hydrogens (primary N) is 1. The van der Waals surface area contributed by atoms with Crippen LogP contribution in [0.15, 0.2) is 12.1 Å². The normalized spacial score (nSPS) is 12.4. The Morgan fingerprint density at radius 1 is 1.33 bits per heavy atom. The zero-order valence-electron chi connectivity index (χ0n) is 11.3. The van der Waals surface area contributed by atoms with E-state index in [0.29, 0.717) is 13.0 Å². The number of rotatable bonds is 6. The summed E-state index contributed by atoms with van der Waals surface area (Å²) in [5.74, 6) is -0.945. The van der Waals surface area contributed by atoms with E-state index in [1.807, 2.05) is 0 Å². The fraction of sp³-hybridized carbons (Fsp3) is 0.500. The number of aryl methyl sites for hydroxylation is 1. The van der Waals surface area contributed by atoms with Crippen LogP contribution in [0.1, 0.15) is 28.7 Å². The summed E-state index contributed by atoms with van der Waals surface area (Å²) in [7, 11) is 0. The molecule has 0 saturated carbocycles. The van der Waals surface area contributed by atoms with E-state index in [2.05, 4.69) is 38.2 Å². The first kappa shape index (κ1) is 14.7. The average molecular weight is 250 g/mol. The first-order valence-corrected chi connectivity index (χ1v) is 6.18. The summed E-state index contributed by atoms with van der Waals surface area (Å²) in [4.78, 5) is 10.5. The van der Waals surface area contributed by atoms with Gasteiger partial charge in [0.2, 0.25) is 0 Å². The monoisotopic (exact) mass is 250 g/mol. The van der Waals surface area contributed by atoms with Crippen molar-refractivity contribution < 1.29 is 9.90 Å². The Labute approximate surface area is 108 Å². The van der Waals surface area contributed by atoms with Crippen molar-refractivity contribution in [3.05, 3.63) is 34.4 Å². The van der Waals surface area contributed by atoms with Crippen LogP contribution in [0.2, 0.25) is 0 Å². The predicted molar refractivity (Wildman–Crippen MR) is 72.6 cm³/mol. The van der Waals surface area contributed by atoms with Crippen LogP contribution in [0.3, 0.4) is 0 Å². The Balaban J connectivity index is 2.45. The Bertz CT molecular complexity index is 430. The van der Waals surface area contributed by atoms with E-state index in [4.69, 9.17) is 10.8 Å². The first-order valence-electron chi connectivity index (χ1n) is 6.18. The quantitative estimate of drug-likeness (QED) is 0.669. The van der Waals surface area contributed by atoms with Crippen molar-refractivity contribution in [1.29, 1.82) is 0 Å². The molecule has 4 heteroatoms. The molecule has 18 heavy (non-hydrogen) atoms. The van der Waals surface area contributed by atoms with Crippen molar-refractivity contribution >= 4 is 5.97 Å². The highest BCUT2D eigenvalue weighted by Gasteiger charge is 2.10. The highest BCUT2D eigenvalue weighted by molar-refractivity contribution is 5.72. The fourth-order valence-corrected chi connectivity index (χ4v) is 1.81. The number of nitrogens with one attached hydrogen (secondary N) is 1. The lowest BCUT2D eigenvalue weighted by molar-refractivity contribution is -0.138. The minimum atomic E-state index is -0.945. The third-order valence-corrected chi connectivity index (χ3v) is 3.43. The van der Waals surface area contributed by atoms with E-state index in [1.54, 1.807) is 0 Å². The zero-order chi connectivity index (χ0) is 13.7. The molecule has 0 aromatic heterocycles. The van der Waals surface area contributed by atoms with Crippen molar-refractivity contribution in [2.24, 2.45) is 5.73 Å². The maximum absolute atomic E-state index is 10.5. The zero-order valence-corrected chi connectivity index (χ0v) is 11.3. The molecule has 100 valence electrons. The molecule has 1 rings (SSSR count). The van der Waals surface area contributed by atoms with Crippen molar-refractivity contribution in [2.45, 2.75) is 39.8 Å². The smallest absolute Gasteiger partial charge is 0.320 e. The van der Waals surface area contributed by atoms with Crippen molar-refractivity contribution in [2.75, 3.05) is 6.54 Å². The highest BCUT2D eigenvalue weighted by atomic mass is 16.4. The average Bonchev–Trinajstić information content (AvgIpc) is 2.33. The largest absolute Gasteiger partial charge is 0.480 e. The minimum Gasteiger partial charge on any atom is -0.480 e. The van der Waals surface area contributed by atoms with Crippen LogP contribution in [0.4, 0.5) is 0 Å². The van der Waals surface area contributed by atoms with Gasteiger partial charge in [-0.3, -0.25) is 4.79 Å². The van der Waals surface area contributed by atoms with Crippen LogP contribution in [0, 0.1) is 20.8 Å². The van der Waals surface area contributed by atoms with E-state index in [0.717, 1.165) is 6.54 Å². The minimum absolute atomic E-state index is 0.444. The SMILES string of the molecule is Cc1ccc(CNCCC(N)C(=O)O)c(C)c1C. The number of carboxylic acid groups (broad SMARTS) is 1. The van der Waals surface area contributed by atoms with Gasteiger partial charge in [0.05, 0.1) is 0 Å². The van der Waals surface area contributed by atoms with E-state index < -0.39 is 12.0 Å². The van der Waals surface area contributed by atoms with Gasteiger partial charge >= 0.3 is 5.97 Å². The second-order valence-corrected chi connectivity index (χ2v) is 4.70. The van der Waals surface area contributed by atoms with E-state index >= 15 is 0 Å². The van der Waals surface area contributed by atoms with Gasteiger partial charge in [-0.2, -0.15) is 0 Å². The van der Waals surface area contributed by atoms with Crippen molar-refractivity contribution in [3.63, 3.8) is 0 Å². The van der Waals surface area contributed by atoms with Gasteiger partial charge in [-0.05, 0) is 56.0 Å². The summed E-state index contributed by atoms with van der Waals surface area (Å²) in [6.45, 7) is 7.70. The van der Waals surface area contributed by atoms with E-state index in [1.165, 1.54) is 22.3 Å². The van der Waals surface area contributed by atoms with Crippen LogP contribution in [0.25, 0.3) is 0 Å². The van der Waals surface area contributed by atoms with E-state index in [-0.39, 0.29) is 0 Å². The third kappa shape index (κ3) is 3.82. The molecule has 4 N–H and O–H groups in total. The Morgan fingerprint density at radius 3 is 2.61 bits per heavy atom. The molecule has 0 fully saturated rings. The number of aliphatic carboxylic acids is 1. The van der Waals surface area contributed by atoms with Gasteiger partial charge < -0.3 is 16.2 Å². The predicted octanol–water partition coefficient (Wildman–Crippen LogP) is 1.50. The maximum Gasteiger partial charge on any atom is 0.320 e. The molecule has 1 unspecified atom stereocenters. The van der Waals surface area contributed by atoms with Crippen LogP contribution >= 0.6 is 0 Å². The molecular formula is C14H22N2O2. The summed E-state index contributed by atoms with van der Waals surface area (Å²) in [6, 6.07) is 3.45. The lowest BCUT2D eigenvalue weighted by atomic mass is 9.99. The lowest BCUT2D eigenvalue weighted by Gasteiger charge is -2.12. The number of carbonyl (C=O) groups is 1. The molecule has 0 heterocycles. The lowest BCUT2D eigenvalue weighted by Crippen LogP contribution is -2.33. The molecule has 1 aromatic rings.